The van der Waals surface area contributed by atoms with Crippen molar-refractivity contribution in [2.45, 2.75) is 70.3 Å². The minimum absolute atomic E-state index is 0.0780. The maximum absolute atomic E-state index is 12.9. The highest BCUT2D eigenvalue weighted by Gasteiger charge is 2.41. The van der Waals surface area contributed by atoms with Gasteiger partial charge in [0.1, 0.15) is 0 Å². The van der Waals surface area contributed by atoms with E-state index in [2.05, 4.69) is 10.3 Å². The fourth-order valence-electron chi connectivity index (χ4n) is 4.51. The van der Waals surface area contributed by atoms with Crippen molar-refractivity contribution < 1.29 is 9.90 Å². The summed E-state index contributed by atoms with van der Waals surface area (Å²) < 4.78 is 0. The van der Waals surface area contributed by atoms with Crippen molar-refractivity contribution in [2.75, 3.05) is 26.2 Å². The van der Waals surface area contributed by atoms with Crippen LogP contribution in [0.4, 0.5) is 0 Å². The molecule has 2 fully saturated rings. The van der Waals surface area contributed by atoms with E-state index in [9.17, 15) is 9.90 Å². The first-order chi connectivity index (χ1) is 13.1. The summed E-state index contributed by atoms with van der Waals surface area (Å²) in [5, 5.41) is 14.2. The Morgan fingerprint density at radius 1 is 1.26 bits per heavy atom. The number of piperidine rings is 1. The van der Waals surface area contributed by atoms with E-state index in [1.54, 1.807) is 0 Å². The monoisotopic (exact) mass is 373 g/mol. The Hall–Kier alpha value is -1.46. The molecular formula is C22H35N3O2. The van der Waals surface area contributed by atoms with Crippen molar-refractivity contribution in [2.24, 2.45) is 5.92 Å². The number of carbonyl (C=O) groups excluding carboxylic acids is 1. The number of hydrogen-bond donors (Lipinski definition) is 2. The van der Waals surface area contributed by atoms with Gasteiger partial charge in [0.25, 0.3) is 5.91 Å². The highest BCUT2D eigenvalue weighted by atomic mass is 16.3. The van der Waals surface area contributed by atoms with Crippen molar-refractivity contribution in [3.05, 3.63) is 29.6 Å². The number of rotatable bonds is 8. The molecule has 0 unspecified atom stereocenters. The van der Waals surface area contributed by atoms with Crippen molar-refractivity contribution in [1.82, 2.24) is 15.2 Å². The van der Waals surface area contributed by atoms with Crippen LogP contribution in [-0.4, -0.2) is 52.7 Å². The quantitative estimate of drug-likeness (QED) is 0.688. The lowest BCUT2D eigenvalue weighted by Gasteiger charge is -2.39. The van der Waals surface area contributed by atoms with Gasteiger partial charge in [-0.05, 0) is 44.2 Å². The molecule has 1 saturated heterocycles. The van der Waals surface area contributed by atoms with Crippen LogP contribution in [0.1, 0.15) is 62.8 Å². The second kappa shape index (κ2) is 9.65. The minimum Gasteiger partial charge on any atom is -0.379 e. The number of carbonyl (C=O) groups is 1. The van der Waals surface area contributed by atoms with Gasteiger partial charge in [0, 0.05) is 44.0 Å². The van der Waals surface area contributed by atoms with Crippen molar-refractivity contribution in [1.29, 1.82) is 0 Å². The van der Waals surface area contributed by atoms with Gasteiger partial charge >= 0.3 is 0 Å². The molecule has 1 aliphatic carbocycles. The first-order valence-electron chi connectivity index (χ1n) is 10.7. The standard InChI is InChI=1S/C22H35N3O2/c1-18-7-5-10-20(24-18)11-14-23-17-22(27)13-6-15-25(21(22)26)16-12-19-8-3-2-4-9-19/h5,7,10,19,23,27H,2-4,6,8-9,11-17H2,1H3/t22-/m0/s1. The summed E-state index contributed by atoms with van der Waals surface area (Å²) in [5.74, 6) is 0.687. The van der Waals surface area contributed by atoms with E-state index in [1.165, 1.54) is 32.1 Å². The SMILES string of the molecule is Cc1cccc(CCNC[C@@]2(O)CCCN(CCC3CCCCC3)C2=O)n1. The Bertz CT molecular complexity index is 615. The molecule has 0 aromatic carbocycles. The summed E-state index contributed by atoms with van der Waals surface area (Å²) in [6, 6.07) is 6.02. The largest absolute Gasteiger partial charge is 0.379 e. The normalized spacial score (nSPS) is 24.4. The molecule has 1 aliphatic heterocycles. The summed E-state index contributed by atoms with van der Waals surface area (Å²) >= 11 is 0. The fourth-order valence-corrected chi connectivity index (χ4v) is 4.51. The summed E-state index contributed by atoms with van der Waals surface area (Å²) in [6.45, 7) is 4.63. The van der Waals surface area contributed by atoms with Crippen LogP contribution < -0.4 is 5.32 Å². The second-order valence-electron chi connectivity index (χ2n) is 8.42. The summed E-state index contributed by atoms with van der Waals surface area (Å²) in [5.41, 5.74) is 0.811. The molecule has 150 valence electrons. The number of aromatic nitrogens is 1. The van der Waals surface area contributed by atoms with Gasteiger partial charge in [0.15, 0.2) is 5.60 Å². The van der Waals surface area contributed by atoms with E-state index in [1.807, 2.05) is 30.0 Å². The van der Waals surface area contributed by atoms with Gasteiger partial charge < -0.3 is 15.3 Å². The molecule has 0 bridgehead atoms. The molecule has 1 aromatic rings. The highest BCUT2D eigenvalue weighted by molar-refractivity contribution is 5.86. The molecule has 2 heterocycles. The fraction of sp³-hybridized carbons (Fsp3) is 0.727. The maximum Gasteiger partial charge on any atom is 0.255 e. The number of nitrogens with zero attached hydrogens (tertiary/aromatic N) is 2. The lowest BCUT2D eigenvalue weighted by atomic mass is 9.86. The minimum atomic E-state index is -1.25. The number of hydrogen-bond acceptors (Lipinski definition) is 4. The lowest BCUT2D eigenvalue weighted by Crippen LogP contribution is -2.58. The first-order valence-corrected chi connectivity index (χ1v) is 10.7. The predicted molar refractivity (Wildman–Crippen MR) is 108 cm³/mol. The van der Waals surface area contributed by atoms with Gasteiger partial charge in [0.2, 0.25) is 0 Å². The third kappa shape index (κ3) is 5.76. The molecule has 1 saturated carbocycles. The van der Waals surface area contributed by atoms with E-state index in [0.29, 0.717) is 19.5 Å². The number of likely N-dealkylation sites (tertiary alicyclic amines) is 1. The van der Waals surface area contributed by atoms with E-state index in [-0.39, 0.29) is 5.91 Å². The van der Waals surface area contributed by atoms with Crippen LogP contribution in [0.25, 0.3) is 0 Å². The molecule has 2 aliphatic rings. The second-order valence-corrected chi connectivity index (χ2v) is 8.42. The molecule has 2 N–H and O–H groups in total. The Labute approximate surface area is 163 Å². The first kappa shape index (κ1) is 20.3. The summed E-state index contributed by atoms with van der Waals surface area (Å²) in [7, 11) is 0. The van der Waals surface area contributed by atoms with Gasteiger partial charge in [-0.25, -0.2) is 0 Å². The van der Waals surface area contributed by atoms with Crippen LogP contribution in [-0.2, 0) is 11.2 Å². The van der Waals surface area contributed by atoms with Crippen molar-refractivity contribution in [3.8, 4) is 0 Å². The zero-order valence-electron chi connectivity index (χ0n) is 16.8. The zero-order valence-corrected chi connectivity index (χ0v) is 16.8. The average Bonchev–Trinajstić information content (AvgIpc) is 2.68. The predicted octanol–water partition coefficient (Wildman–Crippen LogP) is 2.85. The molecule has 1 atom stereocenters. The molecular weight excluding hydrogens is 338 g/mol. The zero-order chi connectivity index (χ0) is 19.1. The number of nitrogens with one attached hydrogen (secondary N) is 1. The van der Waals surface area contributed by atoms with Gasteiger partial charge in [-0.1, -0.05) is 38.2 Å². The molecule has 0 spiro atoms. The van der Waals surface area contributed by atoms with Crippen LogP contribution >= 0.6 is 0 Å². The van der Waals surface area contributed by atoms with Crippen LogP contribution in [0, 0.1) is 12.8 Å². The average molecular weight is 374 g/mol. The van der Waals surface area contributed by atoms with Crippen LogP contribution in [0.5, 0.6) is 0 Å². The van der Waals surface area contributed by atoms with Gasteiger partial charge in [-0.3, -0.25) is 9.78 Å². The number of aliphatic hydroxyl groups is 1. The summed E-state index contributed by atoms with van der Waals surface area (Å²) in [6.07, 6.45) is 9.98. The van der Waals surface area contributed by atoms with E-state index >= 15 is 0 Å². The number of amides is 1. The van der Waals surface area contributed by atoms with Gasteiger partial charge in [-0.2, -0.15) is 0 Å². The third-order valence-corrected chi connectivity index (χ3v) is 6.16. The van der Waals surface area contributed by atoms with E-state index in [0.717, 1.165) is 49.7 Å². The lowest BCUT2D eigenvalue weighted by molar-refractivity contribution is -0.156. The number of pyridine rings is 1. The topological polar surface area (TPSA) is 65.5 Å². The van der Waals surface area contributed by atoms with Gasteiger partial charge in [0.05, 0.1) is 0 Å². The van der Waals surface area contributed by atoms with E-state index < -0.39 is 5.60 Å². The molecule has 3 rings (SSSR count). The Morgan fingerprint density at radius 3 is 2.85 bits per heavy atom. The molecule has 0 radical (unpaired) electrons. The van der Waals surface area contributed by atoms with Crippen molar-refractivity contribution >= 4 is 5.91 Å². The Kier molecular flexibility index (Phi) is 7.25. The molecule has 1 amide bonds. The Morgan fingerprint density at radius 2 is 2.07 bits per heavy atom. The number of aryl methyl sites for hydroxylation is 1. The Balaban J connectivity index is 1.43. The van der Waals surface area contributed by atoms with Gasteiger partial charge in [-0.15, -0.1) is 0 Å². The van der Waals surface area contributed by atoms with Crippen molar-refractivity contribution in [3.63, 3.8) is 0 Å². The molecule has 5 heteroatoms. The molecule has 27 heavy (non-hydrogen) atoms. The third-order valence-electron chi connectivity index (χ3n) is 6.16. The van der Waals surface area contributed by atoms with Crippen LogP contribution in [0.3, 0.4) is 0 Å². The molecule has 1 aromatic heterocycles. The molecule has 5 nitrogen and oxygen atoms in total. The van der Waals surface area contributed by atoms with Crippen LogP contribution in [0.2, 0.25) is 0 Å². The maximum atomic E-state index is 12.9. The smallest absolute Gasteiger partial charge is 0.255 e. The van der Waals surface area contributed by atoms with Crippen LogP contribution in [0.15, 0.2) is 18.2 Å². The van der Waals surface area contributed by atoms with E-state index in [4.69, 9.17) is 0 Å². The summed E-state index contributed by atoms with van der Waals surface area (Å²) in [4.78, 5) is 19.2. The highest BCUT2D eigenvalue weighted by Crippen LogP contribution is 2.28.